The molecular weight excluding hydrogens is 382 g/mol. The standard InChI is InChI=1S/C20H16F2N4O3/c21-14-3-11(5-17-25-7-12(9-27)10-28-17)4-15(22)19(14)29-16-1-2-24-20-18(16)13(6-23)8-26-20/h1-4,8,12,27H,5,7,9-10H2,(H,24,26). The van der Waals surface area contributed by atoms with Crippen molar-refractivity contribution in [2.24, 2.45) is 10.9 Å². The Morgan fingerprint density at radius 3 is 2.79 bits per heavy atom. The van der Waals surface area contributed by atoms with Crippen LogP contribution in [-0.2, 0) is 11.2 Å². The number of aliphatic hydroxyl groups is 1. The number of pyridine rings is 1. The number of halogens is 2. The minimum Gasteiger partial charge on any atom is -0.480 e. The molecule has 1 aromatic carbocycles. The number of aliphatic imine (C=N–C) groups is 1. The van der Waals surface area contributed by atoms with Crippen LogP contribution in [-0.4, -0.2) is 40.7 Å². The number of aromatic nitrogens is 2. The maximum Gasteiger partial charge on any atom is 0.198 e. The van der Waals surface area contributed by atoms with Gasteiger partial charge in [-0.15, -0.1) is 0 Å². The summed E-state index contributed by atoms with van der Waals surface area (Å²) in [5, 5.41) is 18.6. The summed E-state index contributed by atoms with van der Waals surface area (Å²) in [6.07, 6.45) is 2.99. The van der Waals surface area contributed by atoms with Crippen LogP contribution >= 0.6 is 0 Å². The lowest BCUT2D eigenvalue weighted by atomic mass is 10.1. The zero-order valence-electron chi connectivity index (χ0n) is 15.2. The number of aromatic amines is 1. The van der Waals surface area contributed by atoms with Crippen molar-refractivity contribution < 1.29 is 23.4 Å². The molecule has 0 fully saturated rings. The van der Waals surface area contributed by atoms with Gasteiger partial charge in [-0.25, -0.2) is 13.8 Å². The predicted molar refractivity (Wildman–Crippen MR) is 99.8 cm³/mol. The molecule has 3 heterocycles. The molecule has 2 N–H and O–H groups in total. The molecule has 7 nitrogen and oxygen atoms in total. The zero-order chi connectivity index (χ0) is 20.4. The second kappa shape index (κ2) is 7.85. The van der Waals surface area contributed by atoms with Crippen molar-refractivity contribution in [2.45, 2.75) is 6.42 Å². The summed E-state index contributed by atoms with van der Waals surface area (Å²) in [7, 11) is 0. The van der Waals surface area contributed by atoms with Gasteiger partial charge in [-0.3, -0.25) is 4.99 Å². The Balaban J connectivity index is 1.60. The molecule has 1 aliphatic heterocycles. The summed E-state index contributed by atoms with van der Waals surface area (Å²) in [5.74, 6) is -1.92. The summed E-state index contributed by atoms with van der Waals surface area (Å²) in [6, 6.07) is 5.73. The average molecular weight is 398 g/mol. The topological polar surface area (TPSA) is 104 Å². The van der Waals surface area contributed by atoms with E-state index in [1.54, 1.807) is 0 Å². The van der Waals surface area contributed by atoms with Gasteiger partial charge in [-0.05, 0) is 23.8 Å². The van der Waals surface area contributed by atoms with E-state index in [4.69, 9.17) is 14.6 Å². The van der Waals surface area contributed by atoms with E-state index in [2.05, 4.69) is 15.0 Å². The van der Waals surface area contributed by atoms with E-state index in [0.29, 0.717) is 35.6 Å². The van der Waals surface area contributed by atoms with Gasteiger partial charge in [0.2, 0.25) is 0 Å². The lowest BCUT2D eigenvalue weighted by Crippen LogP contribution is -2.26. The van der Waals surface area contributed by atoms with Crippen LogP contribution in [0.1, 0.15) is 11.1 Å². The Morgan fingerprint density at radius 1 is 1.34 bits per heavy atom. The maximum absolute atomic E-state index is 14.6. The Labute approximate surface area is 164 Å². The van der Waals surface area contributed by atoms with E-state index in [9.17, 15) is 14.0 Å². The molecule has 148 valence electrons. The Hall–Kier alpha value is -3.51. The summed E-state index contributed by atoms with van der Waals surface area (Å²) in [4.78, 5) is 11.1. The van der Waals surface area contributed by atoms with Crippen LogP contribution in [0.4, 0.5) is 8.78 Å². The second-order valence-corrected chi connectivity index (χ2v) is 6.61. The van der Waals surface area contributed by atoms with Crippen molar-refractivity contribution >= 4 is 16.9 Å². The molecule has 0 saturated carbocycles. The number of nitriles is 1. The number of nitrogens with one attached hydrogen (secondary N) is 1. The Morgan fingerprint density at radius 2 is 2.14 bits per heavy atom. The van der Waals surface area contributed by atoms with Gasteiger partial charge in [0, 0.05) is 24.7 Å². The third-order valence-corrected chi connectivity index (χ3v) is 4.55. The largest absolute Gasteiger partial charge is 0.480 e. The van der Waals surface area contributed by atoms with E-state index in [1.165, 1.54) is 18.5 Å². The van der Waals surface area contributed by atoms with Crippen LogP contribution in [0.5, 0.6) is 11.5 Å². The number of ether oxygens (including phenoxy) is 2. The van der Waals surface area contributed by atoms with Gasteiger partial charge < -0.3 is 19.6 Å². The van der Waals surface area contributed by atoms with Crippen molar-refractivity contribution in [1.29, 1.82) is 5.26 Å². The van der Waals surface area contributed by atoms with Crippen LogP contribution in [0.25, 0.3) is 11.0 Å². The van der Waals surface area contributed by atoms with Crippen LogP contribution < -0.4 is 4.74 Å². The number of rotatable bonds is 5. The van der Waals surface area contributed by atoms with Crippen LogP contribution in [0.2, 0.25) is 0 Å². The molecule has 0 saturated heterocycles. The second-order valence-electron chi connectivity index (χ2n) is 6.61. The van der Waals surface area contributed by atoms with E-state index >= 15 is 0 Å². The van der Waals surface area contributed by atoms with Gasteiger partial charge in [0.25, 0.3) is 0 Å². The molecular formula is C20H16F2N4O3. The van der Waals surface area contributed by atoms with Crippen LogP contribution in [0.15, 0.2) is 35.6 Å². The zero-order valence-corrected chi connectivity index (χ0v) is 15.2. The molecule has 4 rings (SSSR count). The van der Waals surface area contributed by atoms with Crippen LogP contribution in [0, 0.1) is 28.9 Å². The van der Waals surface area contributed by atoms with Crippen molar-refractivity contribution in [2.75, 3.05) is 19.8 Å². The number of benzene rings is 1. The highest BCUT2D eigenvalue weighted by Gasteiger charge is 2.20. The molecule has 9 heteroatoms. The SMILES string of the molecule is N#Cc1c[nH]c2nccc(Oc3c(F)cc(CC4=NCC(CO)CO4)cc3F)c12. The van der Waals surface area contributed by atoms with Gasteiger partial charge in [-0.1, -0.05) is 0 Å². The normalized spacial score (nSPS) is 16.2. The first kappa shape index (κ1) is 18.8. The van der Waals surface area contributed by atoms with E-state index in [1.807, 2.05) is 6.07 Å². The highest BCUT2D eigenvalue weighted by Crippen LogP contribution is 2.34. The lowest BCUT2D eigenvalue weighted by Gasteiger charge is -2.20. The molecule has 0 amide bonds. The average Bonchev–Trinajstić information content (AvgIpc) is 3.15. The highest BCUT2D eigenvalue weighted by molar-refractivity contribution is 5.88. The molecule has 1 unspecified atom stereocenters. The fourth-order valence-electron chi connectivity index (χ4n) is 3.06. The molecule has 2 aromatic heterocycles. The third-order valence-electron chi connectivity index (χ3n) is 4.55. The molecule has 0 spiro atoms. The van der Waals surface area contributed by atoms with Crippen molar-refractivity contribution in [3.8, 4) is 17.6 Å². The van der Waals surface area contributed by atoms with Crippen molar-refractivity contribution in [1.82, 2.24) is 9.97 Å². The van der Waals surface area contributed by atoms with Gasteiger partial charge in [-0.2, -0.15) is 5.26 Å². The van der Waals surface area contributed by atoms with Gasteiger partial charge >= 0.3 is 0 Å². The number of hydrogen-bond donors (Lipinski definition) is 2. The number of aliphatic hydroxyl groups excluding tert-OH is 1. The van der Waals surface area contributed by atoms with Gasteiger partial charge in [0.05, 0.1) is 30.7 Å². The predicted octanol–water partition coefficient (Wildman–Crippen LogP) is 3.08. The van der Waals surface area contributed by atoms with E-state index < -0.39 is 17.4 Å². The van der Waals surface area contributed by atoms with Gasteiger partial charge in [0.1, 0.15) is 17.5 Å². The molecule has 1 aliphatic rings. The highest BCUT2D eigenvalue weighted by atomic mass is 19.1. The number of hydrogen-bond acceptors (Lipinski definition) is 6. The maximum atomic E-state index is 14.6. The third kappa shape index (κ3) is 3.75. The van der Waals surface area contributed by atoms with Crippen molar-refractivity contribution in [3.63, 3.8) is 0 Å². The molecule has 3 aromatic rings. The fraction of sp³-hybridized carbons (Fsp3) is 0.250. The number of nitrogens with zero attached hydrogens (tertiary/aromatic N) is 3. The Kier molecular flexibility index (Phi) is 5.10. The molecule has 0 radical (unpaired) electrons. The smallest absolute Gasteiger partial charge is 0.198 e. The minimum absolute atomic E-state index is 0.0248. The summed E-state index contributed by atoms with van der Waals surface area (Å²) >= 11 is 0. The summed E-state index contributed by atoms with van der Waals surface area (Å²) in [6.45, 7) is 0.703. The van der Waals surface area contributed by atoms with E-state index in [-0.39, 0.29) is 30.3 Å². The molecule has 1 atom stereocenters. The number of H-pyrrole nitrogens is 1. The monoisotopic (exact) mass is 398 g/mol. The first-order chi connectivity index (χ1) is 14.1. The van der Waals surface area contributed by atoms with E-state index in [0.717, 1.165) is 12.1 Å². The Bertz CT molecular complexity index is 1110. The lowest BCUT2D eigenvalue weighted by molar-refractivity contribution is 0.146. The molecule has 0 aliphatic carbocycles. The van der Waals surface area contributed by atoms with Crippen LogP contribution in [0.3, 0.4) is 0 Å². The number of fused-ring (bicyclic) bond motifs is 1. The first-order valence-corrected chi connectivity index (χ1v) is 8.88. The summed E-state index contributed by atoms with van der Waals surface area (Å²) < 4.78 is 40.1. The quantitative estimate of drug-likeness (QED) is 0.687. The first-order valence-electron chi connectivity index (χ1n) is 8.88. The molecule has 0 bridgehead atoms. The molecule has 29 heavy (non-hydrogen) atoms. The van der Waals surface area contributed by atoms with Gasteiger partial charge in [0.15, 0.2) is 23.3 Å². The van der Waals surface area contributed by atoms with Crippen molar-refractivity contribution in [3.05, 3.63) is 53.4 Å². The minimum atomic E-state index is -0.886. The summed E-state index contributed by atoms with van der Waals surface area (Å²) in [5.41, 5.74) is 0.979. The fourth-order valence-corrected chi connectivity index (χ4v) is 3.06.